The number of nitrogens with one attached hydrogen (secondary N) is 1. The maximum atomic E-state index is 8.06. The van der Waals surface area contributed by atoms with Crippen LogP contribution in [0.3, 0.4) is 0 Å². The molecule has 0 aliphatic rings. The highest BCUT2D eigenvalue weighted by Gasteiger charge is 1.92. The van der Waals surface area contributed by atoms with Gasteiger partial charge in [0.1, 0.15) is 6.54 Å². The highest BCUT2D eigenvalue weighted by molar-refractivity contribution is 5.77. The highest BCUT2D eigenvalue weighted by Crippen LogP contribution is 1.66. The summed E-state index contributed by atoms with van der Waals surface area (Å²) in [4.78, 5) is 3.34. The molecule has 0 fully saturated rings. The van der Waals surface area contributed by atoms with E-state index in [1.165, 1.54) is 0 Å². The molecular formula is C3H7N5O2. The quantitative estimate of drug-likeness (QED) is 0.161. The summed E-state index contributed by atoms with van der Waals surface area (Å²) in [5, 5.41) is 23.7. The summed E-state index contributed by atoms with van der Waals surface area (Å²) in [6.45, 7) is -0.132. The zero-order chi connectivity index (χ0) is 7.98. The molecule has 10 heavy (non-hydrogen) atoms. The summed E-state index contributed by atoms with van der Waals surface area (Å²) in [7, 11) is 0. The third kappa shape index (κ3) is 4.79. The van der Waals surface area contributed by atoms with E-state index in [1.54, 1.807) is 11.5 Å². The zero-order valence-electron chi connectivity index (χ0n) is 5.02. The number of hydrazine groups is 1. The topological polar surface area (TPSA) is 118 Å². The van der Waals surface area contributed by atoms with Gasteiger partial charge in [-0.05, 0) is 0 Å². The molecule has 0 bridgehead atoms. The molecule has 0 unspecified atom stereocenters. The van der Waals surface area contributed by atoms with Gasteiger partial charge in [0.05, 0.1) is 6.07 Å². The van der Waals surface area contributed by atoms with Crippen molar-refractivity contribution in [2.45, 2.75) is 0 Å². The molecule has 0 aliphatic carbocycles. The van der Waals surface area contributed by atoms with Gasteiger partial charge in [0, 0.05) is 5.34 Å². The SMILES string of the molecule is N#CCN=C(N)NN(O)O. The van der Waals surface area contributed by atoms with Crippen LogP contribution in [-0.2, 0) is 0 Å². The summed E-state index contributed by atoms with van der Waals surface area (Å²) in [5.41, 5.74) is 6.79. The molecule has 0 saturated heterocycles. The Morgan fingerprint density at radius 3 is 2.80 bits per heavy atom. The van der Waals surface area contributed by atoms with Crippen molar-refractivity contribution < 1.29 is 10.4 Å². The molecule has 0 radical (unpaired) electrons. The van der Waals surface area contributed by atoms with Crippen LogP contribution < -0.4 is 11.2 Å². The Balaban J connectivity index is 3.62. The third-order valence-electron chi connectivity index (χ3n) is 0.535. The lowest BCUT2D eigenvalue weighted by atomic mass is 10.7. The maximum absolute atomic E-state index is 8.06. The summed E-state index contributed by atoms with van der Waals surface area (Å²) in [6.07, 6.45) is 0. The Labute approximate surface area is 56.9 Å². The van der Waals surface area contributed by atoms with E-state index in [4.69, 9.17) is 21.4 Å². The van der Waals surface area contributed by atoms with E-state index in [1.807, 2.05) is 0 Å². The molecule has 0 aliphatic heterocycles. The lowest BCUT2D eigenvalue weighted by Gasteiger charge is -2.06. The minimum Gasteiger partial charge on any atom is -0.369 e. The van der Waals surface area contributed by atoms with Crippen LogP contribution in [0.15, 0.2) is 4.99 Å². The number of aliphatic imine (C=N–C) groups is 1. The molecule has 5 N–H and O–H groups in total. The molecule has 0 saturated carbocycles. The molecule has 0 heterocycles. The fraction of sp³-hybridized carbons (Fsp3) is 0.333. The van der Waals surface area contributed by atoms with E-state index < -0.39 is 0 Å². The predicted octanol–water partition coefficient (Wildman–Crippen LogP) is -1.59. The molecule has 0 aromatic carbocycles. The van der Waals surface area contributed by atoms with E-state index in [-0.39, 0.29) is 17.8 Å². The van der Waals surface area contributed by atoms with Crippen molar-refractivity contribution in [3.63, 3.8) is 0 Å². The van der Waals surface area contributed by atoms with Crippen LogP contribution >= 0.6 is 0 Å². The molecule has 0 rings (SSSR count). The predicted molar refractivity (Wildman–Crippen MR) is 30.7 cm³/mol. The zero-order valence-corrected chi connectivity index (χ0v) is 5.02. The Kier molecular flexibility index (Phi) is 3.90. The van der Waals surface area contributed by atoms with Crippen molar-refractivity contribution in [1.29, 1.82) is 5.26 Å². The number of nitriles is 1. The normalized spacial score (nSPS) is 11.2. The van der Waals surface area contributed by atoms with Crippen molar-refractivity contribution in [2.24, 2.45) is 10.7 Å². The van der Waals surface area contributed by atoms with Gasteiger partial charge < -0.3 is 5.73 Å². The van der Waals surface area contributed by atoms with Crippen molar-refractivity contribution >= 4 is 5.96 Å². The lowest BCUT2D eigenvalue weighted by Crippen LogP contribution is -2.42. The van der Waals surface area contributed by atoms with Crippen LogP contribution in [-0.4, -0.2) is 28.3 Å². The third-order valence-corrected chi connectivity index (χ3v) is 0.535. The Morgan fingerprint density at radius 2 is 2.40 bits per heavy atom. The first-order chi connectivity index (χ1) is 4.66. The molecule has 0 aromatic heterocycles. The van der Waals surface area contributed by atoms with Crippen LogP contribution in [0.25, 0.3) is 0 Å². The summed E-state index contributed by atoms with van der Waals surface area (Å²) in [6, 6.07) is 1.68. The molecule has 0 spiro atoms. The molecule has 0 aromatic rings. The number of nitrogens with two attached hydrogens (primary N) is 1. The van der Waals surface area contributed by atoms with Gasteiger partial charge in [0.15, 0.2) is 0 Å². The molecular weight excluding hydrogens is 138 g/mol. The van der Waals surface area contributed by atoms with Crippen molar-refractivity contribution in [2.75, 3.05) is 6.54 Å². The van der Waals surface area contributed by atoms with Gasteiger partial charge in [-0.2, -0.15) is 5.26 Å². The number of guanidine groups is 1. The highest BCUT2D eigenvalue weighted by atomic mass is 16.8. The Hall–Kier alpha value is -1.36. The van der Waals surface area contributed by atoms with Gasteiger partial charge in [-0.1, -0.05) is 0 Å². The number of hydrogen-bond donors (Lipinski definition) is 4. The molecule has 7 nitrogen and oxygen atoms in total. The average Bonchev–Trinajstić information content (AvgIpc) is 1.82. The monoisotopic (exact) mass is 145 g/mol. The van der Waals surface area contributed by atoms with E-state index in [0.717, 1.165) is 0 Å². The van der Waals surface area contributed by atoms with Gasteiger partial charge >= 0.3 is 0 Å². The Bertz CT molecular complexity index is 159. The minimum absolute atomic E-state index is 0.132. The molecule has 7 heteroatoms. The van der Waals surface area contributed by atoms with E-state index in [2.05, 4.69) is 4.99 Å². The van der Waals surface area contributed by atoms with Crippen molar-refractivity contribution in [3.05, 3.63) is 0 Å². The van der Waals surface area contributed by atoms with Crippen LogP contribution in [0.4, 0.5) is 0 Å². The molecule has 0 atom stereocenters. The first-order valence-electron chi connectivity index (χ1n) is 2.28. The van der Waals surface area contributed by atoms with Crippen LogP contribution in [0.1, 0.15) is 0 Å². The second-order valence-corrected chi connectivity index (χ2v) is 1.26. The number of hydrogen-bond acceptors (Lipinski definition) is 5. The van der Waals surface area contributed by atoms with Crippen molar-refractivity contribution in [3.8, 4) is 6.07 Å². The minimum atomic E-state index is -0.351. The van der Waals surface area contributed by atoms with Crippen LogP contribution in [0, 0.1) is 11.3 Å². The van der Waals surface area contributed by atoms with E-state index >= 15 is 0 Å². The van der Waals surface area contributed by atoms with E-state index in [9.17, 15) is 0 Å². The van der Waals surface area contributed by atoms with Crippen LogP contribution in [0.5, 0.6) is 0 Å². The second kappa shape index (κ2) is 4.51. The average molecular weight is 145 g/mol. The summed E-state index contributed by atoms with van der Waals surface area (Å²) >= 11 is 0. The lowest BCUT2D eigenvalue weighted by molar-refractivity contribution is -0.329. The smallest absolute Gasteiger partial charge is 0.208 e. The van der Waals surface area contributed by atoms with Crippen molar-refractivity contribution in [1.82, 2.24) is 10.8 Å². The molecule has 56 valence electrons. The fourth-order valence-corrected chi connectivity index (χ4v) is 0.258. The Morgan fingerprint density at radius 1 is 1.80 bits per heavy atom. The largest absolute Gasteiger partial charge is 0.369 e. The first kappa shape index (κ1) is 8.64. The second-order valence-electron chi connectivity index (χ2n) is 1.26. The van der Waals surface area contributed by atoms with E-state index in [0.29, 0.717) is 0 Å². The van der Waals surface area contributed by atoms with Crippen LogP contribution in [0.2, 0.25) is 0 Å². The molecule has 0 amide bonds. The first-order valence-corrected chi connectivity index (χ1v) is 2.28. The van der Waals surface area contributed by atoms with Gasteiger partial charge in [0.2, 0.25) is 5.96 Å². The summed E-state index contributed by atoms with van der Waals surface area (Å²) in [5.74, 6) is -0.244. The van der Waals surface area contributed by atoms with Gasteiger partial charge in [0.25, 0.3) is 0 Å². The fourth-order valence-electron chi connectivity index (χ4n) is 0.258. The number of rotatable bonds is 2. The standard InChI is InChI=1S/C3H7N5O2/c4-1-2-6-3(5)7-8(9)10/h9-10H,2H2,(H3,5,6,7). The van der Waals surface area contributed by atoms with Gasteiger partial charge in [-0.15, -0.1) is 0 Å². The van der Waals surface area contributed by atoms with Gasteiger partial charge in [-0.3, -0.25) is 10.4 Å². The van der Waals surface area contributed by atoms with Gasteiger partial charge in [-0.25, -0.2) is 10.4 Å². The number of nitrogens with zero attached hydrogens (tertiary/aromatic N) is 3. The summed E-state index contributed by atoms with van der Waals surface area (Å²) < 4.78 is 0. The maximum Gasteiger partial charge on any atom is 0.208 e.